The molecule has 1 aliphatic carbocycles. The Labute approximate surface area is 149 Å². The van der Waals surface area contributed by atoms with Crippen molar-refractivity contribution in [1.29, 1.82) is 0 Å². The van der Waals surface area contributed by atoms with Crippen LogP contribution < -0.4 is 10.6 Å². The SMILES string of the molecule is Cc1nnc(CNC(=NCc2ccn(C)c2)NC2CCCCC2)n1C. The van der Waals surface area contributed by atoms with E-state index in [0.29, 0.717) is 19.1 Å². The smallest absolute Gasteiger partial charge is 0.192 e. The third kappa shape index (κ3) is 4.84. The van der Waals surface area contributed by atoms with Gasteiger partial charge in [-0.2, -0.15) is 0 Å². The zero-order chi connectivity index (χ0) is 17.6. The van der Waals surface area contributed by atoms with Gasteiger partial charge in [0.1, 0.15) is 5.82 Å². The zero-order valence-electron chi connectivity index (χ0n) is 15.5. The number of aryl methyl sites for hydroxylation is 2. The molecule has 7 heteroatoms. The molecule has 2 N–H and O–H groups in total. The number of hydrogen-bond donors (Lipinski definition) is 2. The molecule has 7 nitrogen and oxygen atoms in total. The maximum Gasteiger partial charge on any atom is 0.192 e. The highest BCUT2D eigenvalue weighted by molar-refractivity contribution is 5.80. The van der Waals surface area contributed by atoms with E-state index in [9.17, 15) is 0 Å². The second-order valence-corrected chi connectivity index (χ2v) is 6.91. The Balaban J connectivity index is 1.65. The maximum atomic E-state index is 4.78. The summed E-state index contributed by atoms with van der Waals surface area (Å²) in [6.07, 6.45) is 10.5. The van der Waals surface area contributed by atoms with Crippen LogP contribution >= 0.6 is 0 Å². The molecular formula is C18H29N7. The number of nitrogens with one attached hydrogen (secondary N) is 2. The quantitative estimate of drug-likeness (QED) is 0.644. The molecule has 25 heavy (non-hydrogen) atoms. The van der Waals surface area contributed by atoms with E-state index in [1.807, 2.05) is 25.6 Å². The lowest BCUT2D eigenvalue weighted by Gasteiger charge is -2.25. The first-order chi connectivity index (χ1) is 12.1. The Morgan fingerprint density at radius 2 is 2.04 bits per heavy atom. The fourth-order valence-electron chi connectivity index (χ4n) is 3.19. The summed E-state index contributed by atoms with van der Waals surface area (Å²) in [5, 5.41) is 15.4. The van der Waals surface area contributed by atoms with E-state index in [0.717, 1.165) is 17.6 Å². The highest BCUT2D eigenvalue weighted by atomic mass is 15.3. The first-order valence-electron chi connectivity index (χ1n) is 9.12. The largest absolute Gasteiger partial charge is 0.357 e. The summed E-state index contributed by atoms with van der Waals surface area (Å²) >= 11 is 0. The molecule has 2 heterocycles. The summed E-state index contributed by atoms with van der Waals surface area (Å²) < 4.78 is 4.05. The van der Waals surface area contributed by atoms with E-state index >= 15 is 0 Å². The summed E-state index contributed by atoms with van der Waals surface area (Å²) in [5.41, 5.74) is 1.21. The molecule has 2 aromatic rings. The standard InChI is InChI=1S/C18H29N7/c1-14-22-23-17(25(14)3)12-20-18(21-16-7-5-4-6-8-16)19-11-15-9-10-24(2)13-15/h9-10,13,16H,4-8,11-12H2,1-3H3,(H2,19,20,21). The van der Waals surface area contributed by atoms with Crippen LogP contribution in [-0.2, 0) is 27.2 Å². The monoisotopic (exact) mass is 343 g/mol. The van der Waals surface area contributed by atoms with E-state index in [1.54, 1.807) is 0 Å². The van der Waals surface area contributed by atoms with Gasteiger partial charge in [-0.3, -0.25) is 0 Å². The van der Waals surface area contributed by atoms with Crippen LogP contribution in [0.1, 0.15) is 49.3 Å². The van der Waals surface area contributed by atoms with Gasteiger partial charge in [0, 0.05) is 32.5 Å². The van der Waals surface area contributed by atoms with Crippen molar-refractivity contribution in [1.82, 2.24) is 30.0 Å². The molecule has 0 unspecified atom stereocenters. The van der Waals surface area contributed by atoms with Crippen LogP contribution in [0.15, 0.2) is 23.5 Å². The molecule has 0 aliphatic heterocycles. The maximum absolute atomic E-state index is 4.78. The molecule has 1 saturated carbocycles. The molecule has 0 radical (unpaired) electrons. The minimum absolute atomic E-state index is 0.511. The van der Waals surface area contributed by atoms with E-state index < -0.39 is 0 Å². The van der Waals surface area contributed by atoms with Gasteiger partial charge in [0.2, 0.25) is 0 Å². The van der Waals surface area contributed by atoms with Gasteiger partial charge in [-0.25, -0.2) is 4.99 Å². The van der Waals surface area contributed by atoms with Crippen molar-refractivity contribution >= 4 is 5.96 Å². The molecule has 0 bridgehead atoms. The van der Waals surface area contributed by atoms with Crippen molar-refractivity contribution < 1.29 is 0 Å². The number of guanidine groups is 1. The average Bonchev–Trinajstić information content (AvgIpc) is 3.18. The fraction of sp³-hybridized carbons (Fsp3) is 0.611. The summed E-state index contributed by atoms with van der Waals surface area (Å²) in [6, 6.07) is 2.62. The molecule has 0 atom stereocenters. The van der Waals surface area contributed by atoms with Gasteiger partial charge in [0.15, 0.2) is 11.8 Å². The van der Waals surface area contributed by atoms with Crippen molar-refractivity contribution in [2.75, 3.05) is 0 Å². The van der Waals surface area contributed by atoms with Crippen molar-refractivity contribution in [3.8, 4) is 0 Å². The predicted octanol–water partition coefficient (Wildman–Crippen LogP) is 2.03. The Hall–Kier alpha value is -2.31. The predicted molar refractivity (Wildman–Crippen MR) is 99.1 cm³/mol. The third-order valence-corrected chi connectivity index (χ3v) is 4.86. The Morgan fingerprint density at radius 3 is 2.68 bits per heavy atom. The highest BCUT2D eigenvalue weighted by Crippen LogP contribution is 2.17. The molecular weight excluding hydrogens is 314 g/mol. The van der Waals surface area contributed by atoms with Gasteiger partial charge < -0.3 is 19.8 Å². The van der Waals surface area contributed by atoms with Crippen molar-refractivity contribution in [2.45, 2.75) is 58.2 Å². The van der Waals surface area contributed by atoms with Gasteiger partial charge in [-0.1, -0.05) is 19.3 Å². The number of rotatable bonds is 5. The fourth-order valence-corrected chi connectivity index (χ4v) is 3.19. The van der Waals surface area contributed by atoms with Crippen LogP contribution in [0.2, 0.25) is 0 Å². The lowest BCUT2D eigenvalue weighted by atomic mass is 9.96. The number of hydrogen-bond acceptors (Lipinski definition) is 3. The van der Waals surface area contributed by atoms with Crippen LogP contribution in [-0.4, -0.2) is 31.3 Å². The van der Waals surface area contributed by atoms with Crippen molar-refractivity contribution in [2.24, 2.45) is 19.1 Å². The van der Waals surface area contributed by atoms with Crippen molar-refractivity contribution in [3.05, 3.63) is 35.7 Å². The topological polar surface area (TPSA) is 72.1 Å². The molecule has 0 spiro atoms. The van der Waals surface area contributed by atoms with Gasteiger partial charge in [-0.05, 0) is 31.4 Å². The summed E-state index contributed by atoms with van der Waals surface area (Å²) in [6.45, 7) is 3.24. The lowest BCUT2D eigenvalue weighted by molar-refractivity contribution is 0.409. The van der Waals surface area contributed by atoms with Crippen LogP contribution in [0.3, 0.4) is 0 Å². The Bertz CT molecular complexity index is 707. The average molecular weight is 343 g/mol. The van der Waals surface area contributed by atoms with Crippen molar-refractivity contribution in [3.63, 3.8) is 0 Å². The molecule has 0 aromatic carbocycles. The highest BCUT2D eigenvalue weighted by Gasteiger charge is 2.15. The second-order valence-electron chi connectivity index (χ2n) is 6.91. The molecule has 3 rings (SSSR count). The number of nitrogens with zero attached hydrogens (tertiary/aromatic N) is 5. The van der Waals surface area contributed by atoms with Gasteiger partial charge in [0.25, 0.3) is 0 Å². The Kier molecular flexibility index (Phi) is 5.73. The van der Waals surface area contributed by atoms with Gasteiger partial charge in [-0.15, -0.1) is 10.2 Å². The summed E-state index contributed by atoms with van der Waals surface area (Å²) in [7, 11) is 4.02. The van der Waals surface area contributed by atoms with E-state index in [4.69, 9.17) is 4.99 Å². The normalized spacial score (nSPS) is 16.2. The van der Waals surface area contributed by atoms with Crippen LogP contribution in [0.25, 0.3) is 0 Å². The molecule has 0 amide bonds. The molecule has 1 fully saturated rings. The third-order valence-electron chi connectivity index (χ3n) is 4.86. The van der Waals surface area contributed by atoms with Crippen LogP contribution in [0, 0.1) is 6.92 Å². The molecule has 1 aliphatic rings. The molecule has 136 valence electrons. The summed E-state index contributed by atoms with van der Waals surface area (Å²) in [5.74, 6) is 2.69. The minimum atomic E-state index is 0.511. The minimum Gasteiger partial charge on any atom is -0.357 e. The van der Waals surface area contributed by atoms with E-state index in [1.165, 1.54) is 37.7 Å². The Morgan fingerprint density at radius 1 is 1.24 bits per heavy atom. The van der Waals surface area contributed by atoms with Gasteiger partial charge >= 0.3 is 0 Å². The number of aliphatic imine (C=N–C) groups is 1. The van der Waals surface area contributed by atoms with Crippen LogP contribution in [0.5, 0.6) is 0 Å². The molecule has 0 saturated heterocycles. The first-order valence-corrected chi connectivity index (χ1v) is 9.12. The van der Waals surface area contributed by atoms with Gasteiger partial charge in [0.05, 0.1) is 13.1 Å². The second kappa shape index (κ2) is 8.18. The van der Waals surface area contributed by atoms with E-state index in [-0.39, 0.29) is 0 Å². The zero-order valence-corrected chi connectivity index (χ0v) is 15.5. The molecule has 2 aromatic heterocycles. The first kappa shape index (κ1) is 17.5. The lowest BCUT2D eigenvalue weighted by Crippen LogP contribution is -2.44. The number of aromatic nitrogens is 4. The van der Waals surface area contributed by atoms with Crippen LogP contribution in [0.4, 0.5) is 0 Å². The van der Waals surface area contributed by atoms with E-state index in [2.05, 4.69) is 43.9 Å². The summed E-state index contributed by atoms with van der Waals surface area (Å²) in [4.78, 5) is 4.78.